The fourth-order valence-electron chi connectivity index (χ4n) is 2.82. The standard InChI is InChI=1S/C18H16O/c1-3-7-16-17-12-13-8-5-6-9-14(13)15(17)10-11-18(16)19-4-2/h3-6,8-11H,1-2,7,12H2. The van der Waals surface area contributed by atoms with Crippen LogP contribution in [0.4, 0.5) is 0 Å². The smallest absolute Gasteiger partial charge is 0.130 e. The van der Waals surface area contributed by atoms with Crippen molar-refractivity contribution in [1.29, 1.82) is 0 Å². The highest BCUT2D eigenvalue weighted by Crippen LogP contribution is 2.41. The fraction of sp³-hybridized carbons (Fsp3) is 0.111. The maximum atomic E-state index is 5.53. The van der Waals surface area contributed by atoms with Crippen LogP contribution in [0.1, 0.15) is 16.7 Å². The van der Waals surface area contributed by atoms with E-state index in [2.05, 4.69) is 43.5 Å². The fourth-order valence-corrected chi connectivity index (χ4v) is 2.82. The van der Waals surface area contributed by atoms with Crippen LogP contribution in [0, 0.1) is 0 Å². The Labute approximate surface area is 113 Å². The zero-order chi connectivity index (χ0) is 13.2. The topological polar surface area (TPSA) is 9.23 Å². The molecule has 1 heteroatoms. The molecule has 0 unspecified atom stereocenters. The molecule has 2 aromatic carbocycles. The lowest BCUT2D eigenvalue weighted by molar-refractivity contribution is 0.477. The molecule has 0 radical (unpaired) electrons. The summed E-state index contributed by atoms with van der Waals surface area (Å²) in [6.45, 7) is 7.49. The van der Waals surface area contributed by atoms with Gasteiger partial charge in [0.05, 0.1) is 6.26 Å². The monoisotopic (exact) mass is 248 g/mol. The molecule has 0 aromatic heterocycles. The van der Waals surface area contributed by atoms with Crippen molar-refractivity contribution in [2.75, 3.05) is 0 Å². The minimum atomic E-state index is 0.820. The maximum absolute atomic E-state index is 5.53. The molecular weight excluding hydrogens is 232 g/mol. The molecule has 0 saturated carbocycles. The van der Waals surface area contributed by atoms with Crippen molar-refractivity contribution in [3.63, 3.8) is 0 Å². The molecule has 19 heavy (non-hydrogen) atoms. The Bertz CT molecular complexity index is 653. The van der Waals surface area contributed by atoms with Crippen LogP contribution in [0.5, 0.6) is 5.75 Å². The molecule has 1 aliphatic carbocycles. The van der Waals surface area contributed by atoms with Crippen LogP contribution in [-0.4, -0.2) is 0 Å². The highest BCUT2D eigenvalue weighted by Gasteiger charge is 2.22. The van der Waals surface area contributed by atoms with Gasteiger partial charge in [-0.1, -0.05) is 43.0 Å². The van der Waals surface area contributed by atoms with Gasteiger partial charge < -0.3 is 4.74 Å². The van der Waals surface area contributed by atoms with Gasteiger partial charge in [-0.2, -0.15) is 0 Å². The van der Waals surface area contributed by atoms with Gasteiger partial charge >= 0.3 is 0 Å². The van der Waals surface area contributed by atoms with Crippen LogP contribution >= 0.6 is 0 Å². The van der Waals surface area contributed by atoms with Crippen LogP contribution in [0.2, 0.25) is 0 Å². The molecule has 0 fully saturated rings. The number of ether oxygens (including phenoxy) is 1. The van der Waals surface area contributed by atoms with Gasteiger partial charge in [0.2, 0.25) is 0 Å². The summed E-state index contributed by atoms with van der Waals surface area (Å²) in [6.07, 6.45) is 5.20. The Morgan fingerprint density at radius 1 is 1.05 bits per heavy atom. The van der Waals surface area contributed by atoms with Crippen LogP contribution in [0.25, 0.3) is 11.1 Å². The Balaban J connectivity index is 2.18. The molecule has 1 nitrogen and oxygen atoms in total. The van der Waals surface area contributed by atoms with Crippen molar-refractivity contribution in [1.82, 2.24) is 0 Å². The van der Waals surface area contributed by atoms with E-state index < -0.39 is 0 Å². The van der Waals surface area contributed by atoms with E-state index in [-0.39, 0.29) is 0 Å². The molecule has 0 heterocycles. The van der Waals surface area contributed by atoms with Crippen molar-refractivity contribution in [3.05, 3.63) is 78.6 Å². The van der Waals surface area contributed by atoms with E-state index in [1.165, 1.54) is 34.1 Å². The molecule has 0 N–H and O–H groups in total. The first-order valence-electron chi connectivity index (χ1n) is 6.46. The summed E-state index contributed by atoms with van der Waals surface area (Å²) in [5.41, 5.74) is 6.64. The quantitative estimate of drug-likeness (QED) is 0.487. The third kappa shape index (κ3) is 1.88. The summed E-state index contributed by atoms with van der Waals surface area (Å²) in [4.78, 5) is 0. The van der Waals surface area contributed by atoms with Crippen LogP contribution in [0.3, 0.4) is 0 Å². The van der Waals surface area contributed by atoms with Crippen molar-refractivity contribution in [2.24, 2.45) is 0 Å². The molecule has 94 valence electrons. The number of fused-ring (bicyclic) bond motifs is 3. The number of hydrogen-bond donors (Lipinski definition) is 0. The lowest BCUT2D eigenvalue weighted by atomic mass is 9.98. The van der Waals surface area contributed by atoms with Gasteiger partial charge in [0.1, 0.15) is 5.75 Å². The van der Waals surface area contributed by atoms with Gasteiger partial charge in [-0.3, -0.25) is 0 Å². The molecule has 0 spiro atoms. The molecule has 0 aliphatic heterocycles. The minimum Gasteiger partial charge on any atom is -0.465 e. The molecule has 2 aromatic rings. The van der Waals surface area contributed by atoms with E-state index in [0.29, 0.717) is 0 Å². The predicted octanol–water partition coefficient (Wildman–Crippen LogP) is 4.51. The van der Waals surface area contributed by atoms with Crippen molar-refractivity contribution in [3.8, 4) is 16.9 Å². The van der Waals surface area contributed by atoms with E-state index in [1.807, 2.05) is 12.1 Å². The Kier molecular flexibility index (Phi) is 2.96. The largest absolute Gasteiger partial charge is 0.465 e. The second kappa shape index (κ2) is 4.77. The molecule has 0 saturated heterocycles. The normalized spacial score (nSPS) is 11.6. The molecular formula is C18H16O. The van der Waals surface area contributed by atoms with Gasteiger partial charge in [0.15, 0.2) is 0 Å². The Hall–Kier alpha value is -2.28. The first kappa shape index (κ1) is 11.8. The summed E-state index contributed by atoms with van der Waals surface area (Å²) in [7, 11) is 0. The molecule has 0 amide bonds. The highest BCUT2D eigenvalue weighted by atomic mass is 16.5. The summed E-state index contributed by atoms with van der Waals surface area (Å²) >= 11 is 0. The van der Waals surface area contributed by atoms with Crippen molar-refractivity contribution in [2.45, 2.75) is 12.8 Å². The van der Waals surface area contributed by atoms with Gasteiger partial charge in [-0.25, -0.2) is 0 Å². The average molecular weight is 248 g/mol. The second-order valence-corrected chi connectivity index (χ2v) is 4.68. The number of hydrogen-bond acceptors (Lipinski definition) is 1. The zero-order valence-corrected chi connectivity index (χ0v) is 10.9. The molecule has 3 rings (SSSR count). The first-order valence-corrected chi connectivity index (χ1v) is 6.46. The third-order valence-electron chi connectivity index (χ3n) is 3.62. The SMILES string of the molecule is C=CCc1c(OC=C)ccc2c1Cc1ccccc1-2. The van der Waals surface area contributed by atoms with E-state index in [0.717, 1.165) is 18.6 Å². The maximum Gasteiger partial charge on any atom is 0.130 e. The molecule has 0 atom stereocenters. The van der Waals surface area contributed by atoms with Crippen LogP contribution in [-0.2, 0) is 12.8 Å². The average Bonchev–Trinajstić information content (AvgIpc) is 2.81. The van der Waals surface area contributed by atoms with E-state index >= 15 is 0 Å². The first-order chi connectivity index (χ1) is 9.35. The van der Waals surface area contributed by atoms with E-state index in [4.69, 9.17) is 4.74 Å². The predicted molar refractivity (Wildman–Crippen MR) is 79.4 cm³/mol. The zero-order valence-electron chi connectivity index (χ0n) is 10.9. The highest BCUT2D eigenvalue weighted by molar-refractivity contribution is 5.79. The summed E-state index contributed by atoms with van der Waals surface area (Å²) in [6, 6.07) is 12.7. The second-order valence-electron chi connectivity index (χ2n) is 4.68. The lowest BCUT2D eigenvalue weighted by Gasteiger charge is -2.12. The van der Waals surface area contributed by atoms with E-state index in [1.54, 1.807) is 0 Å². The molecule has 0 bridgehead atoms. The van der Waals surface area contributed by atoms with E-state index in [9.17, 15) is 0 Å². The van der Waals surface area contributed by atoms with Gasteiger partial charge in [0, 0.05) is 5.56 Å². The van der Waals surface area contributed by atoms with Gasteiger partial charge in [-0.15, -0.1) is 6.58 Å². The van der Waals surface area contributed by atoms with Gasteiger partial charge in [0.25, 0.3) is 0 Å². The van der Waals surface area contributed by atoms with Gasteiger partial charge in [-0.05, 0) is 41.2 Å². The third-order valence-corrected chi connectivity index (χ3v) is 3.62. The minimum absolute atomic E-state index is 0.820. The van der Waals surface area contributed by atoms with Crippen LogP contribution < -0.4 is 4.74 Å². The summed E-state index contributed by atoms with van der Waals surface area (Å²) < 4.78 is 5.53. The van der Waals surface area contributed by atoms with Crippen molar-refractivity contribution < 1.29 is 4.74 Å². The summed E-state index contributed by atoms with van der Waals surface area (Å²) in [5.74, 6) is 0.890. The number of allylic oxidation sites excluding steroid dienone is 1. The van der Waals surface area contributed by atoms with Crippen molar-refractivity contribution >= 4 is 0 Å². The number of rotatable bonds is 4. The number of benzene rings is 2. The lowest BCUT2D eigenvalue weighted by Crippen LogP contribution is -1.96. The molecule has 1 aliphatic rings. The van der Waals surface area contributed by atoms with Crippen LogP contribution in [0.15, 0.2) is 61.9 Å². The summed E-state index contributed by atoms with van der Waals surface area (Å²) in [5, 5.41) is 0. The Morgan fingerprint density at radius 2 is 1.89 bits per heavy atom. The Morgan fingerprint density at radius 3 is 2.68 bits per heavy atom.